The normalized spacial score (nSPS) is 12.2. The van der Waals surface area contributed by atoms with Gasteiger partial charge in [-0.2, -0.15) is 4.39 Å². The summed E-state index contributed by atoms with van der Waals surface area (Å²) in [5.41, 5.74) is -0.227. The number of nitrogens with one attached hydrogen (secondary N) is 1. The van der Waals surface area contributed by atoms with E-state index in [1.54, 1.807) is 0 Å². The van der Waals surface area contributed by atoms with Crippen molar-refractivity contribution in [3.63, 3.8) is 0 Å². The second-order valence-corrected chi connectivity index (χ2v) is 4.08. The van der Waals surface area contributed by atoms with E-state index < -0.39 is 16.4 Å². The maximum absolute atomic E-state index is 13.3. The Hall–Kier alpha value is -1.65. The number of hydrogen-bond donors (Lipinski definition) is 1. The lowest BCUT2D eigenvalue weighted by atomic mass is 10.1. The second kappa shape index (κ2) is 6.18. The van der Waals surface area contributed by atoms with Crippen LogP contribution >= 0.6 is 0 Å². The molecule has 17 heavy (non-hydrogen) atoms. The molecule has 0 bridgehead atoms. The zero-order chi connectivity index (χ0) is 12.8. The first kappa shape index (κ1) is 13.4. The molecule has 0 aromatic heterocycles. The van der Waals surface area contributed by atoms with E-state index in [1.807, 2.05) is 6.92 Å². The summed E-state index contributed by atoms with van der Waals surface area (Å²) in [6, 6.07) is 4.19. The van der Waals surface area contributed by atoms with Gasteiger partial charge in [0.25, 0.3) is 0 Å². The van der Waals surface area contributed by atoms with E-state index in [-0.39, 0.29) is 11.7 Å². The Bertz CT molecular complexity index is 396. The number of nitrogens with zero attached hydrogens (tertiary/aromatic N) is 1. The molecule has 1 aromatic rings. The number of hydrogen-bond acceptors (Lipinski definition) is 3. The summed E-state index contributed by atoms with van der Waals surface area (Å²) < 4.78 is 13.3. The first-order valence-corrected chi connectivity index (χ1v) is 5.75. The van der Waals surface area contributed by atoms with Crippen LogP contribution in [0.3, 0.4) is 0 Å². The summed E-state index contributed by atoms with van der Waals surface area (Å²) >= 11 is 0. The van der Waals surface area contributed by atoms with E-state index in [2.05, 4.69) is 12.2 Å². The van der Waals surface area contributed by atoms with Crippen molar-refractivity contribution in [3.8, 4) is 0 Å². The molecule has 1 aromatic carbocycles. The van der Waals surface area contributed by atoms with Gasteiger partial charge < -0.3 is 5.32 Å². The van der Waals surface area contributed by atoms with Gasteiger partial charge in [-0.25, -0.2) is 0 Å². The third-order valence-corrected chi connectivity index (χ3v) is 2.56. The number of halogens is 1. The highest BCUT2D eigenvalue weighted by Gasteiger charge is 2.20. The van der Waals surface area contributed by atoms with Crippen LogP contribution < -0.4 is 5.32 Å². The molecule has 0 heterocycles. The first-order chi connectivity index (χ1) is 8.06. The smallest absolute Gasteiger partial charge is 0.327 e. The van der Waals surface area contributed by atoms with Gasteiger partial charge in [0.15, 0.2) is 0 Å². The number of para-hydroxylation sites is 1. The summed E-state index contributed by atoms with van der Waals surface area (Å²) in [6.45, 7) is 4.02. The fourth-order valence-electron chi connectivity index (χ4n) is 1.67. The second-order valence-electron chi connectivity index (χ2n) is 4.08. The average Bonchev–Trinajstić information content (AvgIpc) is 2.25. The van der Waals surface area contributed by atoms with Crippen molar-refractivity contribution in [2.24, 2.45) is 0 Å². The van der Waals surface area contributed by atoms with E-state index >= 15 is 0 Å². The molecule has 5 heteroatoms. The maximum atomic E-state index is 13.3. The molecule has 0 spiro atoms. The molecular weight excluding hydrogens is 223 g/mol. The number of anilines is 1. The molecule has 0 aliphatic heterocycles. The van der Waals surface area contributed by atoms with E-state index in [0.29, 0.717) is 0 Å². The lowest BCUT2D eigenvalue weighted by Gasteiger charge is -2.14. The predicted octanol–water partition coefficient (Wildman–Crippen LogP) is 3.72. The van der Waals surface area contributed by atoms with Crippen LogP contribution in [-0.2, 0) is 0 Å². The summed E-state index contributed by atoms with van der Waals surface area (Å²) in [5, 5.41) is 13.7. The van der Waals surface area contributed by atoms with Crippen LogP contribution in [0.15, 0.2) is 18.2 Å². The number of nitro benzene ring substituents is 1. The molecule has 0 saturated heterocycles. The zero-order valence-electron chi connectivity index (χ0n) is 10.1. The average molecular weight is 240 g/mol. The minimum atomic E-state index is -0.803. The van der Waals surface area contributed by atoms with Crippen LogP contribution in [0.2, 0.25) is 0 Å². The Balaban J connectivity index is 2.83. The molecule has 1 rings (SSSR count). The van der Waals surface area contributed by atoms with E-state index in [4.69, 9.17) is 0 Å². The highest BCUT2D eigenvalue weighted by atomic mass is 19.1. The zero-order valence-corrected chi connectivity index (χ0v) is 10.1. The molecule has 0 radical (unpaired) electrons. The monoisotopic (exact) mass is 240 g/mol. The van der Waals surface area contributed by atoms with Crippen molar-refractivity contribution in [2.75, 3.05) is 5.32 Å². The van der Waals surface area contributed by atoms with Crippen molar-refractivity contribution < 1.29 is 9.31 Å². The Kier molecular flexibility index (Phi) is 4.87. The first-order valence-electron chi connectivity index (χ1n) is 5.75. The minimum absolute atomic E-state index is 0.0930. The quantitative estimate of drug-likeness (QED) is 0.609. The molecule has 0 aliphatic carbocycles. The molecule has 0 saturated carbocycles. The van der Waals surface area contributed by atoms with Crippen LogP contribution in [0, 0.1) is 15.9 Å². The number of unbranched alkanes of at least 4 members (excludes halogenated alkanes) is 1. The fourth-order valence-corrected chi connectivity index (χ4v) is 1.67. The topological polar surface area (TPSA) is 55.2 Å². The Labute approximate surface area is 100.0 Å². The standard InChI is InChI=1S/C12H17FN2O2/c1-3-4-6-9(2)14-11-8-5-7-10(13)12(11)15(16)17/h5,7-9,14H,3-4,6H2,1-2H3. The molecule has 1 unspecified atom stereocenters. The molecular formula is C12H17FN2O2. The van der Waals surface area contributed by atoms with Crippen molar-refractivity contribution in [1.29, 1.82) is 0 Å². The minimum Gasteiger partial charge on any atom is -0.377 e. The molecule has 1 atom stereocenters. The van der Waals surface area contributed by atoms with Gasteiger partial charge in [-0.05, 0) is 25.5 Å². The third kappa shape index (κ3) is 3.69. The fraction of sp³-hybridized carbons (Fsp3) is 0.500. The van der Waals surface area contributed by atoms with E-state index in [9.17, 15) is 14.5 Å². The Morgan fingerprint density at radius 3 is 2.82 bits per heavy atom. The van der Waals surface area contributed by atoms with Gasteiger partial charge >= 0.3 is 5.69 Å². The van der Waals surface area contributed by atoms with Gasteiger partial charge in [-0.1, -0.05) is 25.8 Å². The van der Waals surface area contributed by atoms with Gasteiger partial charge in [0, 0.05) is 6.04 Å². The summed E-state index contributed by atoms with van der Waals surface area (Å²) in [7, 11) is 0. The van der Waals surface area contributed by atoms with Crippen molar-refractivity contribution in [1.82, 2.24) is 0 Å². The molecule has 4 nitrogen and oxygen atoms in total. The van der Waals surface area contributed by atoms with Crippen molar-refractivity contribution in [2.45, 2.75) is 39.2 Å². The van der Waals surface area contributed by atoms with E-state index in [0.717, 1.165) is 25.3 Å². The van der Waals surface area contributed by atoms with E-state index in [1.165, 1.54) is 12.1 Å². The number of benzene rings is 1. The molecule has 0 aliphatic rings. The van der Waals surface area contributed by atoms with Crippen molar-refractivity contribution >= 4 is 11.4 Å². The number of rotatable bonds is 6. The summed E-state index contributed by atoms with van der Waals surface area (Å²) in [5.74, 6) is -0.803. The van der Waals surface area contributed by atoms with Crippen LogP contribution in [0.1, 0.15) is 33.1 Å². The van der Waals surface area contributed by atoms with Gasteiger partial charge in [0.2, 0.25) is 5.82 Å². The summed E-state index contributed by atoms with van der Waals surface area (Å²) in [6.07, 6.45) is 3.01. The lowest BCUT2D eigenvalue weighted by molar-refractivity contribution is -0.386. The van der Waals surface area contributed by atoms with Gasteiger partial charge in [-0.3, -0.25) is 10.1 Å². The van der Waals surface area contributed by atoms with Gasteiger partial charge in [0.05, 0.1) is 4.92 Å². The largest absolute Gasteiger partial charge is 0.377 e. The van der Waals surface area contributed by atoms with Crippen LogP contribution in [-0.4, -0.2) is 11.0 Å². The SMILES string of the molecule is CCCCC(C)Nc1cccc(F)c1[N+](=O)[O-]. The highest BCUT2D eigenvalue weighted by Crippen LogP contribution is 2.28. The summed E-state index contributed by atoms with van der Waals surface area (Å²) in [4.78, 5) is 10.1. The van der Waals surface area contributed by atoms with Crippen LogP contribution in [0.4, 0.5) is 15.8 Å². The molecule has 0 amide bonds. The Morgan fingerprint density at radius 1 is 1.53 bits per heavy atom. The highest BCUT2D eigenvalue weighted by molar-refractivity contribution is 5.62. The lowest BCUT2D eigenvalue weighted by Crippen LogP contribution is -2.16. The van der Waals surface area contributed by atoms with Gasteiger partial charge in [-0.15, -0.1) is 0 Å². The molecule has 1 N–H and O–H groups in total. The predicted molar refractivity (Wildman–Crippen MR) is 65.7 cm³/mol. The molecule has 94 valence electrons. The number of nitro groups is 1. The maximum Gasteiger partial charge on any atom is 0.327 e. The molecule has 0 fully saturated rings. The van der Waals surface area contributed by atoms with Crippen LogP contribution in [0.5, 0.6) is 0 Å². The van der Waals surface area contributed by atoms with Gasteiger partial charge in [0.1, 0.15) is 5.69 Å². The Morgan fingerprint density at radius 2 is 2.24 bits per heavy atom. The third-order valence-electron chi connectivity index (χ3n) is 2.56. The van der Waals surface area contributed by atoms with Crippen molar-refractivity contribution in [3.05, 3.63) is 34.1 Å². The van der Waals surface area contributed by atoms with Crippen LogP contribution in [0.25, 0.3) is 0 Å².